The van der Waals surface area contributed by atoms with Gasteiger partial charge in [-0.05, 0) is 33.4 Å². The highest BCUT2D eigenvalue weighted by atomic mass is 16.5. The SMILES string of the molecule is CCCC(NC)C(CC)N(CC)CCOCC. The van der Waals surface area contributed by atoms with E-state index in [0.717, 1.165) is 26.3 Å². The van der Waals surface area contributed by atoms with Gasteiger partial charge in [-0.2, -0.15) is 0 Å². The van der Waals surface area contributed by atoms with E-state index in [0.29, 0.717) is 12.1 Å². The number of nitrogens with one attached hydrogen (secondary N) is 1. The summed E-state index contributed by atoms with van der Waals surface area (Å²) in [4.78, 5) is 2.55. The molecule has 0 fully saturated rings. The first kappa shape index (κ1) is 16.9. The van der Waals surface area contributed by atoms with E-state index in [1.807, 2.05) is 0 Å². The van der Waals surface area contributed by atoms with Crippen molar-refractivity contribution in [3.05, 3.63) is 0 Å². The van der Waals surface area contributed by atoms with Gasteiger partial charge in [0.15, 0.2) is 0 Å². The van der Waals surface area contributed by atoms with Crippen LogP contribution in [-0.4, -0.2) is 50.3 Å². The lowest BCUT2D eigenvalue weighted by atomic mass is 9.99. The predicted molar refractivity (Wildman–Crippen MR) is 75.6 cm³/mol. The first-order valence-corrected chi connectivity index (χ1v) is 7.23. The molecule has 0 radical (unpaired) electrons. The second-order valence-electron chi connectivity index (χ2n) is 4.48. The van der Waals surface area contributed by atoms with Gasteiger partial charge in [0.25, 0.3) is 0 Å². The van der Waals surface area contributed by atoms with Crippen LogP contribution in [0.15, 0.2) is 0 Å². The molecule has 3 heteroatoms. The van der Waals surface area contributed by atoms with Gasteiger partial charge in [-0.25, -0.2) is 0 Å². The number of likely N-dealkylation sites (N-methyl/N-ethyl adjacent to an activating group) is 2. The third kappa shape index (κ3) is 6.39. The molecular weight excluding hydrogens is 212 g/mol. The minimum absolute atomic E-state index is 0.603. The van der Waals surface area contributed by atoms with Crippen LogP contribution in [0.5, 0.6) is 0 Å². The minimum Gasteiger partial charge on any atom is -0.380 e. The molecule has 0 saturated heterocycles. The topological polar surface area (TPSA) is 24.5 Å². The van der Waals surface area contributed by atoms with Crippen LogP contribution in [0.2, 0.25) is 0 Å². The van der Waals surface area contributed by atoms with Crippen LogP contribution in [0.4, 0.5) is 0 Å². The van der Waals surface area contributed by atoms with Crippen LogP contribution >= 0.6 is 0 Å². The molecule has 1 N–H and O–H groups in total. The molecule has 0 aliphatic carbocycles. The van der Waals surface area contributed by atoms with Gasteiger partial charge in [0.1, 0.15) is 0 Å². The fraction of sp³-hybridized carbons (Fsp3) is 1.00. The van der Waals surface area contributed by atoms with Crippen LogP contribution in [0.25, 0.3) is 0 Å². The third-order valence-corrected chi connectivity index (χ3v) is 3.46. The van der Waals surface area contributed by atoms with Crippen LogP contribution < -0.4 is 5.32 Å². The number of ether oxygens (including phenoxy) is 1. The third-order valence-electron chi connectivity index (χ3n) is 3.46. The standard InChI is InChI=1S/C14H32N2O/c1-6-10-13(15-5)14(7-2)16(8-3)11-12-17-9-4/h13-15H,6-12H2,1-5H3. The number of hydrogen-bond donors (Lipinski definition) is 1. The fourth-order valence-electron chi connectivity index (χ4n) is 2.52. The molecule has 0 aromatic rings. The van der Waals surface area contributed by atoms with Gasteiger partial charge in [-0.1, -0.05) is 27.2 Å². The van der Waals surface area contributed by atoms with Gasteiger partial charge in [0.05, 0.1) is 6.61 Å². The Labute approximate surface area is 108 Å². The molecule has 0 saturated carbocycles. The molecule has 3 nitrogen and oxygen atoms in total. The Hall–Kier alpha value is -0.120. The summed E-state index contributed by atoms with van der Waals surface area (Å²) < 4.78 is 5.47. The van der Waals surface area contributed by atoms with Crippen molar-refractivity contribution in [2.24, 2.45) is 0 Å². The van der Waals surface area contributed by atoms with Crippen molar-refractivity contribution in [1.29, 1.82) is 0 Å². The number of hydrogen-bond acceptors (Lipinski definition) is 3. The van der Waals surface area contributed by atoms with E-state index < -0.39 is 0 Å². The van der Waals surface area contributed by atoms with E-state index >= 15 is 0 Å². The highest BCUT2D eigenvalue weighted by Crippen LogP contribution is 2.13. The monoisotopic (exact) mass is 244 g/mol. The molecule has 0 spiro atoms. The molecule has 2 atom stereocenters. The Morgan fingerprint density at radius 2 is 1.88 bits per heavy atom. The fourth-order valence-corrected chi connectivity index (χ4v) is 2.52. The molecule has 17 heavy (non-hydrogen) atoms. The van der Waals surface area contributed by atoms with Crippen molar-refractivity contribution >= 4 is 0 Å². The number of rotatable bonds is 11. The van der Waals surface area contributed by atoms with Crippen LogP contribution in [-0.2, 0) is 4.74 Å². The largest absolute Gasteiger partial charge is 0.380 e. The van der Waals surface area contributed by atoms with E-state index in [1.165, 1.54) is 19.3 Å². The predicted octanol–water partition coefficient (Wildman–Crippen LogP) is 2.51. The lowest BCUT2D eigenvalue weighted by molar-refractivity contribution is 0.0831. The normalized spacial score (nSPS) is 15.2. The summed E-state index contributed by atoms with van der Waals surface area (Å²) in [6.07, 6.45) is 3.69. The van der Waals surface area contributed by atoms with Gasteiger partial charge in [-0.15, -0.1) is 0 Å². The van der Waals surface area contributed by atoms with Gasteiger partial charge in [-0.3, -0.25) is 4.90 Å². The van der Waals surface area contributed by atoms with Gasteiger partial charge in [0, 0.05) is 25.2 Å². The molecule has 0 heterocycles. The molecule has 0 aromatic carbocycles. The van der Waals surface area contributed by atoms with Crippen molar-refractivity contribution in [2.45, 2.75) is 59.0 Å². The van der Waals surface area contributed by atoms with E-state index in [4.69, 9.17) is 4.74 Å². The maximum absolute atomic E-state index is 5.47. The maximum Gasteiger partial charge on any atom is 0.0593 e. The Bertz CT molecular complexity index is 164. The summed E-state index contributed by atoms with van der Waals surface area (Å²) in [6.45, 7) is 12.7. The quantitative estimate of drug-likeness (QED) is 0.565. The Balaban J connectivity index is 4.33. The average molecular weight is 244 g/mol. The van der Waals surface area contributed by atoms with Gasteiger partial charge >= 0.3 is 0 Å². The Morgan fingerprint density at radius 1 is 1.18 bits per heavy atom. The molecule has 0 rings (SSSR count). The smallest absolute Gasteiger partial charge is 0.0593 e. The summed E-state index contributed by atoms with van der Waals surface area (Å²) in [5.41, 5.74) is 0. The van der Waals surface area contributed by atoms with Gasteiger partial charge in [0.2, 0.25) is 0 Å². The highest BCUT2D eigenvalue weighted by Gasteiger charge is 2.22. The van der Waals surface area contributed by atoms with E-state index in [2.05, 4.69) is 45.0 Å². The highest BCUT2D eigenvalue weighted by molar-refractivity contribution is 4.82. The summed E-state index contributed by atoms with van der Waals surface area (Å²) >= 11 is 0. The molecular formula is C14H32N2O. The van der Waals surface area contributed by atoms with E-state index in [9.17, 15) is 0 Å². The van der Waals surface area contributed by atoms with Crippen molar-refractivity contribution in [3.8, 4) is 0 Å². The van der Waals surface area contributed by atoms with Crippen molar-refractivity contribution in [1.82, 2.24) is 10.2 Å². The van der Waals surface area contributed by atoms with Crippen LogP contribution in [0, 0.1) is 0 Å². The molecule has 0 aromatic heterocycles. The number of nitrogens with zero attached hydrogens (tertiary/aromatic N) is 1. The summed E-state index contributed by atoms with van der Waals surface area (Å²) in [5.74, 6) is 0. The Kier molecular flexibility index (Phi) is 10.9. The average Bonchev–Trinajstić information content (AvgIpc) is 2.36. The lowest BCUT2D eigenvalue weighted by Crippen LogP contribution is -2.49. The lowest BCUT2D eigenvalue weighted by Gasteiger charge is -2.36. The zero-order chi connectivity index (χ0) is 13.1. The van der Waals surface area contributed by atoms with Crippen molar-refractivity contribution in [2.75, 3.05) is 33.4 Å². The van der Waals surface area contributed by atoms with Crippen LogP contribution in [0.3, 0.4) is 0 Å². The van der Waals surface area contributed by atoms with Gasteiger partial charge < -0.3 is 10.1 Å². The second kappa shape index (κ2) is 11.0. The molecule has 104 valence electrons. The Morgan fingerprint density at radius 3 is 2.29 bits per heavy atom. The first-order chi connectivity index (χ1) is 8.24. The zero-order valence-electron chi connectivity index (χ0n) is 12.5. The molecule has 2 unspecified atom stereocenters. The molecule has 0 aliphatic rings. The molecule has 0 bridgehead atoms. The maximum atomic E-state index is 5.47. The van der Waals surface area contributed by atoms with Crippen molar-refractivity contribution in [3.63, 3.8) is 0 Å². The summed E-state index contributed by atoms with van der Waals surface area (Å²) in [6, 6.07) is 1.23. The zero-order valence-corrected chi connectivity index (χ0v) is 12.5. The molecule has 0 amide bonds. The summed E-state index contributed by atoms with van der Waals surface area (Å²) in [7, 11) is 2.08. The van der Waals surface area contributed by atoms with Crippen molar-refractivity contribution < 1.29 is 4.74 Å². The van der Waals surface area contributed by atoms with E-state index in [1.54, 1.807) is 0 Å². The minimum atomic E-state index is 0.603. The van der Waals surface area contributed by atoms with Crippen LogP contribution in [0.1, 0.15) is 47.0 Å². The summed E-state index contributed by atoms with van der Waals surface area (Å²) in [5, 5.41) is 3.48. The first-order valence-electron chi connectivity index (χ1n) is 7.23. The molecule has 0 aliphatic heterocycles. The van der Waals surface area contributed by atoms with E-state index in [-0.39, 0.29) is 0 Å². The second-order valence-corrected chi connectivity index (χ2v) is 4.48.